The summed E-state index contributed by atoms with van der Waals surface area (Å²) in [4.78, 5) is 12.5. The molecule has 4 rings (SSSR count). The molecule has 0 fully saturated rings. The van der Waals surface area contributed by atoms with Crippen LogP contribution in [-0.4, -0.2) is 28.4 Å². The molecular weight excluding hydrogens is 414 g/mol. The van der Waals surface area contributed by atoms with Crippen molar-refractivity contribution >= 4 is 12.1 Å². The molecule has 0 aliphatic heterocycles. The Hall–Kier alpha value is -4.32. The summed E-state index contributed by atoms with van der Waals surface area (Å²) < 4.78 is 7.52. The first-order valence-corrected chi connectivity index (χ1v) is 10.7. The number of phenols is 1. The van der Waals surface area contributed by atoms with Gasteiger partial charge in [0.2, 0.25) is 0 Å². The van der Waals surface area contributed by atoms with E-state index in [4.69, 9.17) is 4.74 Å². The Balaban J connectivity index is 1.47. The zero-order valence-electron chi connectivity index (χ0n) is 18.5. The van der Waals surface area contributed by atoms with Crippen LogP contribution in [-0.2, 0) is 0 Å². The second kappa shape index (κ2) is 9.87. The highest BCUT2D eigenvalue weighted by Gasteiger charge is 2.11. The van der Waals surface area contributed by atoms with Gasteiger partial charge in [0, 0.05) is 16.9 Å². The smallest absolute Gasteiger partial charge is 0.271 e. The lowest BCUT2D eigenvalue weighted by Crippen LogP contribution is -2.17. The van der Waals surface area contributed by atoms with Crippen LogP contribution in [0.25, 0.3) is 16.9 Å². The number of hydrogen-bond acceptors (Lipinski definition) is 4. The fourth-order valence-electron chi connectivity index (χ4n) is 3.59. The van der Waals surface area contributed by atoms with Gasteiger partial charge >= 0.3 is 0 Å². The van der Waals surface area contributed by atoms with Gasteiger partial charge in [-0.3, -0.25) is 4.79 Å². The largest absolute Gasteiger partial charge is 0.504 e. The van der Waals surface area contributed by atoms with Crippen molar-refractivity contribution in [2.75, 3.05) is 6.61 Å². The molecular formula is C27H25N3O3. The van der Waals surface area contributed by atoms with Gasteiger partial charge < -0.3 is 14.4 Å². The molecule has 1 heterocycles. The van der Waals surface area contributed by atoms with Crippen LogP contribution in [0.1, 0.15) is 28.5 Å². The van der Waals surface area contributed by atoms with Gasteiger partial charge in [-0.15, -0.1) is 0 Å². The maximum absolute atomic E-state index is 12.5. The summed E-state index contributed by atoms with van der Waals surface area (Å²) in [6, 6.07) is 26.7. The molecule has 0 aliphatic rings. The predicted octanol–water partition coefficient (Wildman–Crippen LogP) is 5.32. The fraction of sp³-hybridized carbons (Fsp3) is 0.111. The average molecular weight is 440 g/mol. The summed E-state index contributed by atoms with van der Waals surface area (Å²) in [5, 5.41) is 13.8. The van der Waals surface area contributed by atoms with E-state index < -0.39 is 0 Å². The molecule has 6 nitrogen and oxygen atoms in total. The van der Waals surface area contributed by atoms with Gasteiger partial charge in [0.1, 0.15) is 0 Å². The molecule has 0 radical (unpaired) electrons. The summed E-state index contributed by atoms with van der Waals surface area (Å²) in [6.07, 6.45) is 1.50. The predicted molar refractivity (Wildman–Crippen MR) is 130 cm³/mol. The number of aromatic hydroxyl groups is 1. The first-order chi connectivity index (χ1) is 16.1. The molecule has 6 heteroatoms. The Kier molecular flexibility index (Phi) is 6.55. The van der Waals surface area contributed by atoms with E-state index in [1.165, 1.54) is 12.3 Å². The van der Waals surface area contributed by atoms with Gasteiger partial charge in [-0.25, -0.2) is 5.43 Å². The number of amides is 1. The lowest BCUT2D eigenvalue weighted by atomic mass is 10.1. The third kappa shape index (κ3) is 4.96. The number of hydrogen-bond donors (Lipinski definition) is 2. The Morgan fingerprint density at radius 1 is 1.03 bits per heavy atom. The van der Waals surface area contributed by atoms with Crippen molar-refractivity contribution in [3.8, 4) is 28.4 Å². The van der Waals surface area contributed by atoms with Crippen molar-refractivity contribution < 1.29 is 14.6 Å². The molecule has 0 saturated heterocycles. The second-order valence-corrected chi connectivity index (χ2v) is 7.47. The third-order valence-corrected chi connectivity index (χ3v) is 5.20. The maximum atomic E-state index is 12.5. The van der Waals surface area contributed by atoms with E-state index in [0.29, 0.717) is 23.5 Å². The van der Waals surface area contributed by atoms with Crippen LogP contribution in [0.15, 0.2) is 90.0 Å². The number of phenolic OH excluding ortho intramolecular Hbond substituents is 1. The molecule has 0 bridgehead atoms. The number of carbonyl (C=O) groups is 1. The molecule has 3 aromatic carbocycles. The number of rotatable bonds is 7. The van der Waals surface area contributed by atoms with Gasteiger partial charge in [0.25, 0.3) is 5.91 Å². The third-order valence-electron chi connectivity index (χ3n) is 5.20. The number of aromatic nitrogens is 1. The van der Waals surface area contributed by atoms with E-state index in [1.54, 1.807) is 24.3 Å². The lowest BCUT2D eigenvalue weighted by Gasteiger charge is -2.12. The summed E-state index contributed by atoms with van der Waals surface area (Å²) in [5.41, 5.74) is 8.04. The number of benzene rings is 3. The molecule has 0 aliphatic carbocycles. The van der Waals surface area contributed by atoms with E-state index in [9.17, 15) is 9.90 Å². The van der Waals surface area contributed by atoms with Crippen molar-refractivity contribution in [3.63, 3.8) is 0 Å². The van der Waals surface area contributed by atoms with Crippen molar-refractivity contribution in [2.24, 2.45) is 5.10 Å². The van der Waals surface area contributed by atoms with Crippen LogP contribution in [0.5, 0.6) is 11.5 Å². The summed E-state index contributed by atoms with van der Waals surface area (Å²) in [6.45, 7) is 4.34. The summed E-state index contributed by atoms with van der Waals surface area (Å²) in [5.74, 6) is 0.124. The normalized spacial score (nSPS) is 11.0. The minimum absolute atomic E-state index is 0.0616. The van der Waals surface area contributed by atoms with E-state index in [1.807, 2.05) is 37.3 Å². The number of nitrogens with zero attached hydrogens (tertiary/aromatic N) is 2. The molecule has 0 saturated carbocycles. The number of ether oxygens (including phenoxy) is 1. The van der Waals surface area contributed by atoms with Crippen LogP contribution >= 0.6 is 0 Å². The molecule has 0 unspecified atom stereocenters. The summed E-state index contributed by atoms with van der Waals surface area (Å²) >= 11 is 0. The van der Waals surface area contributed by atoms with Crippen LogP contribution in [0.3, 0.4) is 0 Å². The monoisotopic (exact) mass is 439 g/mol. The first-order valence-electron chi connectivity index (χ1n) is 10.7. The quantitative estimate of drug-likeness (QED) is 0.302. The van der Waals surface area contributed by atoms with Crippen LogP contribution in [0.4, 0.5) is 0 Å². The zero-order chi connectivity index (χ0) is 23.2. The van der Waals surface area contributed by atoms with Crippen molar-refractivity contribution in [1.29, 1.82) is 0 Å². The molecule has 2 N–H and O–H groups in total. The van der Waals surface area contributed by atoms with Crippen molar-refractivity contribution in [1.82, 2.24) is 9.99 Å². The summed E-state index contributed by atoms with van der Waals surface area (Å²) in [7, 11) is 0. The van der Waals surface area contributed by atoms with Crippen LogP contribution < -0.4 is 10.2 Å². The van der Waals surface area contributed by atoms with Gasteiger partial charge in [-0.05, 0) is 79.6 Å². The van der Waals surface area contributed by atoms with E-state index in [0.717, 1.165) is 22.6 Å². The second-order valence-electron chi connectivity index (χ2n) is 7.47. The Labute approximate surface area is 192 Å². The van der Waals surface area contributed by atoms with Gasteiger partial charge in [0.15, 0.2) is 11.5 Å². The molecule has 0 spiro atoms. The Bertz CT molecular complexity index is 1280. The topological polar surface area (TPSA) is 75.8 Å². The first kappa shape index (κ1) is 21.9. The van der Waals surface area contributed by atoms with E-state index in [2.05, 4.69) is 46.3 Å². The Morgan fingerprint density at radius 2 is 1.79 bits per heavy atom. The van der Waals surface area contributed by atoms with Crippen molar-refractivity contribution in [3.05, 3.63) is 102 Å². The Morgan fingerprint density at radius 3 is 2.52 bits per heavy atom. The van der Waals surface area contributed by atoms with E-state index >= 15 is 0 Å². The molecule has 4 aromatic rings. The van der Waals surface area contributed by atoms with Crippen molar-refractivity contribution in [2.45, 2.75) is 13.8 Å². The van der Waals surface area contributed by atoms with Crippen LogP contribution in [0, 0.1) is 6.92 Å². The lowest BCUT2D eigenvalue weighted by molar-refractivity contribution is 0.0955. The molecule has 1 aromatic heterocycles. The van der Waals surface area contributed by atoms with Gasteiger partial charge in [0.05, 0.1) is 18.5 Å². The van der Waals surface area contributed by atoms with Gasteiger partial charge in [-0.2, -0.15) is 5.10 Å². The fourth-order valence-corrected chi connectivity index (χ4v) is 3.59. The standard InChI is InChI=1S/C27H25N3O3/c1-3-33-26-17-20(10-16-25(26)31)18-28-29-27(32)22-11-13-23(14-12-22)30-19(2)9-15-24(30)21-7-5-4-6-8-21/h4-18,31H,3H2,1-2H3,(H,29,32)/b28-18+. The highest BCUT2D eigenvalue weighted by atomic mass is 16.5. The number of hydrazone groups is 1. The molecule has 0 atom stereocenters. The highest BCUT2D eigenvalue weighted by molar-refractivity contribution is 5.95. The maximum Gasteiger partial charge on any atom is 0.271 e. The molecule has 166 valence electrons. The number of aryl methyl sites for hydroxylation is 1. The molecule has 1 amide bonds. The number of carbonyl (C=O) groups excluding carboxylic acids is 1. The zero-order valence-corrected chi connectivity index (χ0v) is 18.5. The number of nitrogens with one attached hydrogen (secondary N) is 1. The van der Waals surface area contributed by atoms with Crippen LogP contribution in [0.2, 0.25) is 0 Å². The minimum atomic E-state index is -0.311. The average Bonchev–Trinajstić information content (AvgIpc) is 3.23. The SMILES string of the molecule is CCOc1cc(/C=N/NC(=O)c2ccc(-n3c(C)ccc3-c3ccccc3)cc2)ccc1O. The minimum Gasteiger partial charge on any atom is -0.504 e. The van der Waals surface area contributed by atoms with Gasteiger partial charge in [-0.1, -0.05) is 30.3 Å². The molecule has 33 heavy (non-hydrogen) atoms. The van der Waals surface area contributed by atoms with E-state index in [-0.39, 0.29) is 11.7 Å². The highest BCUT2D eigenvalue weighted by Crippen LogP contribution is 2.27.